The van der Waals surface area contributed by atoms with E-state index in [1.807, 2.05) is 0 Å². The van der Waals surface area contributed by atoms with Gasteiger partial charge in [0.15, 0.2) is 12.4 Å². The van der Waals surface area contributed by atoms with Gasteiger partial charge in [-0.3, -0.25) is 4.55 Å². The van der Waals surface area contributed by atoms with Crippen LogP contribution in [0.5, 0.6) is 0 Å². The Hall–Kier alpha value is -0.490. The summed E-state index contributed by atoms with van der Waals surface area (Å²) in [7, 11) is -3.46. The molecule has 1 saturated heterocycles. The lowest BCUT2D eigenvalue weighted by molar-refractivity contribution is -0.264. The normalized spacial score (nSPS) is 48.2. The highest BCUT2D eigenvalue weighted by molar-refractivity contribution is 7.80. The molecule has 1 heterocycles. The molecule has 5 aliphatic rings. The van der Waals surface area contributed by atoms with E-state index in [1.165, 1.54) is 7.11 Å². The van der Waals surface area contributed by atoms with Gasteiger partial charge < -0.3 is 44.8 Å². The Kier molecular flexibility index (Phi) is 11.9. The van der Waals surface area contributed by atoms with Crippen molar-refractivity contribution in [2.75, 3.05) is 20.3 Å². The molecule has 0 bridgehead atoms. The highest BCUT2D eigenvalue weighted by Gasteiger charge is 2.72. The Balaban J connectivity index is 1.24. The molecule has 13 nitrogen and oxygen atoms in total. The van der Waals surface area contributed by atoms with E-state index >= 15 is 0 Å². The Morgan fingerprint density at radius 2 is 1.59 bits per heavy atom. The van der Waals surface area contributed by atoms with Crippen LogP contribution in [0.1, 0.15) is 92.4 Å². The van der Waals surface area contributed by atoms with Crippen LogP contribution in [-0.4, -0.2) is 119 Å². The van der Waals surface area contributed by atoms with Crippen LogP contribution < -0.4 is 0 Å². The second kappa shape index (κ2) is 14.7. The van der Waals surface area contributed by atoms with E-state index in [9.17, 15) is 43.6 Å². The van der Waals surface area contributed by atoms with Gasteiger partial charge in [0.1, 0.15) is 12.2 Å². The second-order valence-corrected chi connectivity index (χ2v) is 18.1. The summed E-state index contributed by atoms with van der Waals surface area (Å²) in [6, 6.07) is 0. The smallest absolute Gasteiger partial charge is 0.393 e. The number of hydrogen-bond acceptors (Lipinski definition) is 12. The lowest BCUT2D eigenvalue weighted by Gasteiger charge is -2.65. The molecule has 0 amide bonds. The van der Waals surface area contributed by atoms with Crippen LogP contribution in [0.4, 0.5) is 0 Å². The summed E-state index contributed by atoms with van der Waals surface area (Å²) in [6.07, 6.45) is -2.74. The maximum atomic E-state index is 12.6. The summed E-state index contributed by atoms with van der Waals surface area (Å²) < 4.78 is 53.3. The van der Waals surface area contributed by atoms with Crippen LogP contribution in [0.3, 0.4) is 0 Å². The first-order valence-corrected chi connectivity index (χ1v) is 19.7. The van der Waals surface area contributed by atoms with E-state index in [-0.39, 0.29) is 60.6 Å². The van der Waals surface area contributed by atoms with Gasteiger partial charge in [-0.1, -0.05) is 41.0 Å². The highest BCUT2D eigenvalue weighted by atomic mass is 32.3. The monoisotopic (exact) mass is 722 g/mol. The van der Waals surface area contributed by atoms with Crippen molar-refractivity contribution in [3.05, 3.63) is 0 Å². The zero-order valence-electron chi connectivity index (χ0n) is 29.9. The molecule has 7 N–H and O–H groups in total. The van der Waals surface area contributed by atoms with E-state index in [0.29, 0.717) is 25.7 Å². The summed E-state index contributed by atoms with van der Waals surface area (Å²) in [5, 5.41) is 68.2. The van der Waals surface area contributed by atoms with E-state index in [0.717, 1.165) is 25.7 Å². The van der Waals surface area contributed by atoms with Crippen molar-refractivity contribution in [1.29, 1.82) is 0 Å². The number of methoxy groups -OCH3 is 1. The zero-order valence-corrected chi connectivity index (χ0v) is 30.7. The van der Waals surface area contributed by atoms with E-state index < -0.39 is 76.4 Å². The van der Waals surface area contributed by atoms with E-state index in [2.05, 4.69) is 38.8 Å². The van der Waals surface area contributed by atoms with Crippen LogP contribution in [0.2, 0.25) is 0 Å². The van der Waals surface area contributed by atoms with Crippen molar-refractivity contribution in [3.63, 3.8) is 0 Å². The molecule has 4 saturated carbocycles. The molecule has 0 aromatic carbocycles. The van der Waals surface area contributed by atoms with Crippen molar-refractivity contribution in [3.8, 4) is 0 Å². The molecular weight excluding hydrogens is 660 g/mol. The Labute approximate surface area is 291 Å². The first kappa shape index (κ1) is 39.7. The molecule has 0 spiro atoms. The predicted molar refractivity (Wildman–Crippen MR) is 177 cm³/mol. The van der Waals surface area contributed by atoms with Crippen LogP contribution >= 0.6 is 0 Å². The van der Waals surface area contributed by atoms with Gasteiger partial charge in [-0.2, -0.15) is 8.42 Å². The fourth-order valence-corrected chi connectivity index (χ4v) is 12.2. The zero-order chi connectivity index (χ0) is 36.3. The van der Waals surface area contributed by atoms with Gasteiger partial charge in [0.05, 0.1) is 43.2 Å². The fourth-order valence-electron chi connectivity index (χ4n) is 11.7. The maximum absolute atomic E-state index is 12.6. The number of ether oxygens (including phenoxy) is 3. The minimum absolute atomic E-state index is 0.0132. The van der Waals surface area contributed by atoms with Crippen molar-refractivity contribution in [2.24, 2.45) is 52.3 Å². The average molecular weight is 723 g/mol. The highest BCUT2D eigenvalue weighted by Crippen LogP contribution is 2.69. The minimum atomic E-state index is -4.87. The molecule has 3 unspecified atom stereocenters. The van der Waals surface area contributed by atoms with Crippen molar-refractivity contribution < 1.29 is 62.0 Å². The summed E-state index contributed by atoms with van der Waals surface area (Å²) >= 11 is 0. The quantitative estimate of drug-likeness (QED) is 0.136. The van der Waals surface area contributed by atoms with Crippen LogP contribution in [0.15, 0.2) is 0 Å². The molecule has 0 aromatic rings. The molecule has 5 fully saturated rings. The maximum Gasteiger partial charge on any atom is 0.397 e. The molecule has 49 heavy (non-hydrogen) atoms. The third-order valence-electron chi connectivity index (χ3n) is 14.0. The standard InChI is InChI=1S/C35H62O13S/c1-18(2)20(11-14-46-32-30(48-49(42,43)44)27(38)24(47-32)17-45-6)8-7-19(3)26-28(39)29(40)31-34(26,5)13-10-25-33(4)12-9-21(36)15-22(33)23(37)16-35(25,31)41/h18-32,36-41H,7-17H2,1-6H3,(H,42,43,44)/t19-,20-,21+,22?,23+,24-,25?,26+,27-,28-,29+,30+,31?,32+,33+,34-,35+/m1/s1. The molecule has 286 valence electrons. The second-order valence-electron chi connectivity index (χ2n) is 17.1. The molecule has 4 aliphatic carbocycles. The first-order chi connectivity index (χ1) is 22.8. The molecule has 0 radical (unpaired) electrons. The SMILES string of the molecule is COC[C@H]1O[C@H](OCC[C@@H](CC[C@@H](C)[C@H]2[C@@H](O)[C@H](O)C3[C@]4(O)C[C@H](O)C5C[C@@H](O)CC[C@]5(C)C4CC[C@@]32C)C(C)C)[C@@H](OS(=O)(=O)O)[C@@H]1O. The van der Waals surface area contributed by atoms with Crippen LogP contribution in [0.25, 0.3) is 0 Å². The molecule has 1 aliphatic heterocycles. The summed E-state index contributed by atoms with van der Waals surface area (Å²) in [6.45, 7) is 10.7. The lowest BCUT2D eigenvalue weighted by atomic mass is 9.42. The largest absolute Gasteiger partial charge is 0.397 e. The number of aliphatic hydroxyl groups excluding tert-OH is 5. The minimum Gasteiger partial charge on any atom is -0.393 e. The van der Waals surface area contributed by atoms with Gasteiger partial charge in [0.25, 0.3) is 0 Å². The Bertz CT molecular complexity index is 1240. The summed E-state index contributed by atoms with van der Waals surface area (Å²) in [4.78, 5) is 0. The van der Waals surface area contributed by atoms with Gasteiger partial charge in [0.2, 0.25) is 0 Å². The molecule has 17 atom stereocenters. The molecule has 5 rings (SSSR count). The van der Waals surface area contributed by atoms with E-state index in [1.54, 1.807) is 0 Å². The van der Waals surface area contributed by atoms with Crippen LogP contribution in [-0.2, 0) is 28.8 Å². The Morgan fingerprint density at radius 3 is 2.22 bits per heavy atom. The number of aliphatic hydroxyl groups is 6. The summed E-state index contributed by atoms with van der Waals surface area (Å²) in [5.74, 6) is -0.639. The van der Waals surface area contributed by atoms with Crippen molar-refractivity contribution in [2.45, 2.75) is 147 Å². The van der Waals surface area contributed by atoms with Crippen molar-refractivity contribution in [1.82, 2.24) is 0 Å². The summed E-state index contributed by atoms with van der Waals surface area (Å²) in [5.41, 5.74) is -2.24. The van der Waals surface area contributed by atoms with Gasteiger partial charge in [-0.25, -0.2) is 4.18 Å². The Morgan fingerprint density at radius 1 is 0.918 bits per heavy atom. The molecule has 0 aromatic heterocycles. The third kappa shape index (κ3) is 7.37. The number of fused-ring (bicyclic) bond motifs is 5. The fraction of sp³-hybridized carbons (Fsp3) is 1.00. The molecular formula is C35H62O13S. The van der Waals surface area contributed by atoms with Gasteiger partial charge in [-0.15, -0.1) is 0 Å². The van der Waals surface area contributed by atoms with Gasteiger partial charge in [-0.05, 0) is 91.3 Å². The average Bonchev–Trinajstić information content (AvgIpc) is 3.38. The van der Waals surface area contributed by atoms with E-state index in [4.69, 9.17) is 14.2 Å². The van der Waals surface area contributed by atoms with Crippen molar-refractivity contribution >= 4 is 10.4 Å². The number of hydrogen-bond donors (Lipinski definition) is 7. The number of rotatable bonds is 13. The lowest BCUT2D eigenvalue weighted by Crippen LogP contribution is -2.68. The first-order valence-electron chi connectivity index (χ1n) is 18.3. The predicted octanol–water partition coefficient (Wildman–Crippen LogP) is 2.05. The van der Waals surface area contributed by atoms with Gasteiger partial charge in [0, 0.05) is 19.4 Å². The van der Waals surface area contributed by atoms with Crippen LogP contribution in [0, 0.1) is 52.3 Å². The third-order valence-corrected chi connectivity index (χ3v) is 14.5. The molecule has 14 heteroatoms. The topological polar surface area (TPSA) is 213 Å². The van der Waals surface area contributed by atoms with Gasteiger partial charge >= 0.3 is 10.4 Å².